The standard InChI is InChI=1S/C13H18FNO2/c1-3-17-13(16)10(2)15-8-7-11-5-4-6-12(14)9-11/h4-6,9-10,15H,3,7-8H2,1-2H3. The Morgan fingerprint density at radius 3 is 2.94 bits per heavy atom. The van der Waals surface area contributed by atoms with Crippen molar-refractivity contribution >= 4 is 5.97 Å². The van der Waals surface area contributed by atoms with E-state index in [1.54, 1.807) is 19.9 Å². The minimum atomic E-state index is -0.330. The van der Waals surface area contributed by atoms with Gasteiger partial charge in [0.15, 0.2) is 0 Å². The number of carbonyl (C=O) groups is 1. The summed E-state index contributed by atoms with van der Waals surface area (Å²) in [5.74, 6) is -0.493. The molecule has 0 aliphatic rings. The van der Waals surface area contributed by atoms with E-state index >= 15 is 0 Å². The normalized spacial score (nSPS) is 12.2. The van der Waals surface area contributed by atoms with Crippen molar-refractivity contribution in [1.29, 1.82) is 0 Å². The number of hydrogen-bond donors (Lipinski definition) is 1. The lowest BCUT2D eigenvalue weighted by atomic mass is 10.1. The summed E-state index contributed by atoms with van der Waals surface area (Å²) in [6, 6.07) is 6.12. The molecule has 0 aliphatic heterocycles. The SMILES string of the molecule is CCOC(=O)C(C)NCCc1cccc(F)c1. The van der Waals surface area contributed by atoms with Gasteiger partial charge in [-0.2, -0.15) is 0 Å². The molecule has 0 spiro atoms. The molecule has 0 saturated carbocycles. The predicted molar refractivity (Wildman–Crippen MR) is 64.2 cm³/mol. The molecule has 0 amide bonds. The van der Waals surface area contributed by atoms with Gasteiger partial charge >= 0.3 is 5.97 Å². The second kappa shape index (κ2) is 7.01. The first-order valence-electron chi connectivity index (χ1n) is 5.78. The fraction of sp³-hybridized carbons (Fsp3) is 0.462. The summed E-state index contributed by atoms with van der Waals surface area (Å²) >= 11 is 0. The summed E-state index contributed by atoms with van der Waals surface area (Å²) in [4.78, 5) is 11.3. The molecule has 0 bridgehead atoms. The highest BCUT2D eigenvalue weighted by molar-refractivity contribution is 5.75. The van der Waals surface area contributed by atoms with E-state index < -0.39 is 0 Å². The minimum absolute atomic E-state index is 0.235. The van der Waals surface area contributed by atoms with Crippen LogP contribution in [0.4, 0.5) is 4.39 Å². The molecule has 0 aliphatic carbocycles. The lowest BCUT2D eigenvalue weighted by molar-refractivity contribution is -0.145. The topological polar surface area (TPSA) is 38.3 Å². The van der Waals surface area contributed by atoms with E-state index in [0.717, 1.165) is 5.56 Å². The molecule has 1 N–H and O–H groups in total. The summed E-state index contributed by atoms with van der Waals surface area (Å²) in [5, 5.41) is 3.04. The molecule has 1 aromatic rings. The second-order valence-electron chi connectivity index (χ2n) is 3.81. The van der Waals surface area contributed by atoms with Gasteiger partial charge in [0.2, 0.25) is 0 Å². The molecule has 1 aromatic carbocycles. The molecule has 1 rings (SSSR count). The van der Waals surface area contributed by atoms with Crippen LogP contribution in [0.25, 0.3) is 0 Å². The van der Waals surface area contributed by atoms with Gasteiger partial charge in [0.1, 0.15) is 11.9 Å². The van der Waals surface area contributed by atoms with Gasteiger partial charge < -0.3 is 10.1 Å². The zero-order chi connectivity index (χ0) is 12.7. The number of esters is 1. The highest BCUT2D eigenvalue weighted by atomic mass is 19.1. The largest absolute Gasteiger partial charge is 0.465 e. The first kappa shape index (κ1) is 13.6. The number of halogens is 1. The third-order valence-corrected chi connectivity index (χ3v) is 2.39. The Kier molecular flexibility index (Phi) is 5.63. The average Bonchev–Trinajstić information content (AvgIpc) is 2.29. The summed E-state index contributed by atoms with van der Waals surface area (Å²) < 4.78 is 17.8. The maximum Gasteiger partial charge on any atom is 0.322 e. The molecule has 0 saturated heterocycles. The predicted octanol–water partition coefficient (Wildman–Crippen LogP) is 1.91. The van der Waals surface area contributed by atoms with E-state index in [4.69, 9.17) is 4.74 Å². The quantitative estimate of drug-likeness (QED) is 0.771. The monoisotopic (exact) mass is 239 g/mol. The molecule has 17 heavy (non-hydrogen) atoms. The molecular weight excluding hydrogens is 221 g/mol. The van der Waals surface area contributed by atoms with Gasteiger partial charge in [-0.15, -0.1) is 0 Å². The molecule has 4 heteroatoms. The van der Waals surface area contributed by atoms with E-state index in [-0.39, 0.29) is 17.8 Å². The lowest BCUT2D eigenvalue weighted by Gasteiger charge is -2.12. The van der Waals surface area contributed by atoms with Crippen LogP contribution in [0.3, 0.4) is 0 Å². The third-order valence-electron chi connectivity index (χ3n) is 2.39. The first-order valence-corrected chi connectivity index (χ1v) is 5.78. The van der Waals surface area contributed by atoms with Gasteiger partial charge in [-0.1, -0.05) is 12.1 Å². The maximum absolute atomic E-state index is 12.9. The van der Waals surface area contributed by atoms with Crippen LogP contribution in [-0.2, 0) is 16.0 Å². The van der Waals surface area contributed by atoms with Crippen molar-refractivity contribution in [2.75, 3.05) is 13.2 Å². The van der Waals surface area contributed by atoms with Crippen molar-refractivity contribution in [1.82, 2.24) is 5.32 Å². The second-order valence-corrected chi connectivity index (χ2v) is 3.81. The van der Waals surface area contributed by atoms with E-state index in [2.05, 4.69) is 5.32 Å². The highest BCUT2D eigenvalue weighted by Crippen LogP contribution is 2.03. The van der Waals surface area contributed by atoms with Crippen LogP contribution in [-0.4, -0.2) is 25.2 Å². The Labute approximate surface area is 101 Å². The van der Waals surface area contributed by atoms with Crippen LogP contribution in [0.2, 0.25) is 0 Å². The molecule has 94 valence electrons. The molecule has 0 radical (unpaired) electrons. The van der Waals surface area contributed by atoms with E-state index in [1.807, 2.05) is 6.07 Å². The fourth-order valence-corrected chi connectivity index (χ4v) is 1.48. The van der Waals surface area contributed by atoms with Crippen molar-refractivity contribution in [3.05, 3.63) is 35.6 Å². The zero-order valence-corrected chi connectivity index (χ0v) is 10.2. The van der Waals surface area contributed by atoms with Crippen molar-refractivity contribution in [3.8, 4) is 0 Å². The molecule has 0 heterocycles. The molecule has 3 nitrogen and oxygen atoms in total. The summed E-state index contributed by atoms with van der Waals surface area (Å²) in [7, 11) is 0. The van der Waals surface area contributed by atoms with Gasteiger partial charge in [-0.05, 0) is 44.5 Å². The van der Waals surface area contributed by atoms with Crippen molar-refractivity contribution < 1.29 is 13.9 Å². The zero-order valence-electron chi connectivity index (χ0n) is 10.2. The Balaban J connectivity index is 2.30. The van der Waals surface area contributed by atoms with Gasteiger partial charge in [-0.3, -0.25) is 4.79 Å². The Morgan fingerprint density at radius 1 is 1.53 bits per heavy atom. The van der Waals surface area contributed by atoms with Crippen LogP contribution in [0.5, 0.6) is 0 Å². The van der Waals surface area contributed by atoms with E-state index in [9.17, 15) is 9.18 Å². The van der Waals surface area contributed by atoms with Crippen molar-refractivity contribution in [2.45, 2.75) is 26.3 Å². The number of rotatable bonds is 6. The van der Waals surface area contributed by atoms with Crippen LogP contribution in [0.15, 0.2) is 24.3 Å². The summed E-state index contributed by atoms with van der Waals surface area (Å²) in [6.07, 6.45) is 0.682. The molecular formula is C13H18FNO2. The molecule has 0 aromatic heterocycles. The van der Waals surface area contributed by atoms with Crippen LogP contribution >= 0.6 is 0 Å². The van der Waals surface area contributed by atoms with Crippen molar-refractivity contribution in [2.24, 2.45) is 0 Å². The number of carbonyl (C=O) groups excluding carboxylic acids is 1. The van der Waals surface area contributed by atoms with Crippen LogP contribution in [0.1, 0.15) is 19.4 Å². The highest BCUT2D eigenvalue weighted by Gasteiger charge is 2.12. The number of hydrogen-bond acceptors (Lipinski definition) is 3. The third kappa shape index (κ3) is 4.95. The summed E-state index contributed by atoms with van der Waals surface area (Å²) in [5.41, 5.74) is 0.911. The van der Waals surface area contributed by atoms with E-state index in [1.165, 1.54) is 12.1 Å². The summed E-state index contributed by atoms with van der Waals surface area (Å²) in [6.45, 7) is 4.53. The van der Waals surface area contributed by atoms with Gasteiger partial charge in [0.05, 0.1) is 6.61 Å². The van der Waals surface area contributed by atoms with Crippen LogP contribution < -0.4 is 5.32 Å². The molecule has 0 fully saturated rings. The number of nitrogens with one attached hydrogen (secondary N) is 1. The van der Waals surface area contributed by atoms with Gasteiger partial charge in [0.25, 0.3) is 0 Å². The van der Waals surface area contributed by atoms with Crippen molar-refractivity contribution in [3.63, 3.8) is 0 Å². The fourth-order valence-electron chi connectivity index (χ4n) is 1.48. The van der Waals surface area contributed by atoms with E-state index in [0.29, 0.717) is 19.6 Å². The number of ether oxygens (including phenoxy) is 1. The average molecular weight is 239 g/mol. The molecule has 1 atom stereocenters. The Bertz CT molecular complexity index is 368. The van der Waals surface area contributed by atoms with Crippen LogP contribution in [0, 0.1) is 5.82 Å². The lowest BCUT2D eigenvalue weighted by Crippen LogP contribution is -2.36. The van der Waals surface area contributed by atoms with Gasteiger partial charge in [0, 0.05) is 0 Å². The minimum Gasteiger partial charge on any atom is -0.465 e. The first-order chi connectivity index (χ1) is 8.13. The Hall–Kier alpha value is -1.42. The maximum atomic E-state index is 12.9. The number of benzene rings is 1. The Morgan fingerprint density at radius 2 is 2.29 bits per heavy atom. The molecule has 1 unspecified atom stereocenters. The van der Waals surface area contributed by atoms with Gasteiger partial charge in [-0.25, -0.2) is 4.39 Å². The smallest absolute Gasteiger partial charge is 0.322 e.